The van der Waals surface area contributed by atoms with Crippen molar-refractivity contribution in [3.63, 3.8) is 0 Å². The van der Waals surface area contributed by atoms with Gasteiger partial charge in [0, 0.05) is 18.0 Å². The lowest BCUT2D eigenvalue weighted by molar-refractivity contribution is -0.141. The molecule has 2 amide bonds. The summed E-state index contributed by atoms with van der Waals surface area (Å²) in [6, 6.07) is 23.1. The molecular weight excluding hydrogens is 446 g/mol. The summed E-state index contributed by atoms with van der Waals surface area (Å²) in [7, 11) is 1.27. The summed E-state index contributed by atoms with van der Waals surface area (Å²) in [4.78, 5) is 34.6. The van der Waals surface area contributed by atoms with Crippen LogP contribution in [-0.4, -0.2) is 50.9 Å². The Morgan fingerprint density at radius 2 is 1.71 bits per heavy atom. The number of nitrogens with zero attached hydrogens (tertiary/aromatic N) is 3. The van der Waals surface area contributed by atoms with Gasteiger partial charge in [0.25, 0.3) is 11.8 Å². The lowest BCUT2D eigenvalue weighted by Crippen LogP contribution is -2.51. The van der Waals surface area contributed by atoms with Crippen LogP contribution in [0.1, 0.15) is 15.9 Å². The second kappa shape index (κ2) is 11.2. The van der Waals surface area contributed by atoms with Crippen LogP contribution in [0.2, 0.25) is 0 Å². The summed E-state index contributed by atoms with van der Waals surface area (Å²) in [5.74, 6) is -0.948. The van der Waals surface area contributed by atoms with Gasteiger partial charge in [0.05, 0.1) is 24.4 Å². The van der Waals surface area contributed by atoms with Crippen LogP contribution in [0.5, 0.6) is 0 Å². The maximum absolute atomic E-state index is 13.3. The van der Waals surface area contributed by atoms with Gasteiger partial charge in [0.15, 0.2) is 11.9 Å². The van der Waals surface area contributed by atoms with Crippen LogP contribution in [0.4, 0.5) is 0 Å². The van der Waals surface area contributed by atoms with Crippen molar-refractivity contribution >= 4 is 11.8 Å². The van der Waals surface area contributed by atoms with Crippen LogP contribution in [0, 0.1) is 0 Å². The zero-order valence-electron chi connectivity index (χ0n) is 19.0. The van der Waals surface area contributed by atoms with E-state index >= 15 is 0 Å². The number of carbonyl (C=O) groups excluding carboxylic acids is 2. The van der Waals surface area contributed by atoms with E-state index in [1.54, 1.807) is 24.5 Å². The molecule has 2 heterocycles. The minimum Gasteiger partial charge on any atom is -0.381 e. The van der Waals surface area contributed by atoms with E-state index in [1.807, 2.05) is 66.7 Å². The Bertz CT molecular complexity index is 1280. The summed E-state index contributed by atoms with van der Waals surface area (Å²) < 4.78 is 1.53. The Labute approximate surface area is 202 Å². The van der Waals surface area contributed by atoms with E-state index in [2.05, 4.69) is 25.7 Å². The first-order chi connectivity index (χ1) is 17.1. The third-order valence-corrected chi connectivity index (χ3v) is 5.37. The normalized spacial score (nSPS) is 12.5. The highest BCUT2D eigenvalue weighted by Gasteiger charge is 2.29. The zero-order chi connectivity index (χ0) is 24.6. The van der Waals surface area contributed by atoms with E-state index < -0.39 is 24.0 Å². The largest absolute Gasteiger partial charge is 0.381 e. The van der Waals surface area contributed by atoms with Gasteiger partial charge in [-0.25, -0.2) is 15.1 Å². The summed E-state index contributed by atoms with van der Waals surface area (Å²) in [6.45, 7) is 0. The highest BCUT2D eigenvalue weighted by Crippen LogP contribution is 2.19. The van der Waals surface area contributed by atoms with Gasteiger partial charge in [0.1, 0.15) is 0 Å². The first-order valence-corrected chi connectivity index (χ1v) is 11.0. The van der Waals surface area contributed by atoms with Crippen molar-refractivity contribution in [3.8, 4) is 17.1 Å². The van der Waals surface area contributed by atoms with Crippen molar-refractivity contribution in [2.45, 2.75) is 18.6 Å². The Morgan fingerprint density at radius 1 is 1.00 bits per heavy atom. The quantitative estimate of drug-likeness (QED) is 0.323. The third kappa shape index (κ3) is 5.78. The molecule has 0 aliphatic carbocycles. The minimum atomic E-state index is -1.55. The fraction of sp³-hybridized carbons (Fsp3) is 0.154. The Hall–Kier alpha value is -4.34. The molecule has 0 spiro atoms. The van der Waals surface area contributed by atoms with Crippen LogP contribution in [0.15, 0.2) is 91.3 Å². The number of carbonyl (C=O) groups is 2. The molecule has 4 aromatic rings. The van der Waals surface area contributed by atoms with E-state index in [4.69, 9.17) is 0 Å². The van der Waals surface area contributed by atoms with Gasteiger partial charge >= 0.3 is 0 Å². The molecule has 0 aliphatic heterocycles. The van der Waals surface area contributed by atoms with E-state index in [1.165, 1.54) is 11.8 Å². The molecule has 2 unspecified atom stereocenters. The monoisotopic (exact) mass is 471 g/mol. The number of benzene rings is 2. The van der Waals surface area contributed by atoms with Crippen molar-refractivity contribution in [2.24, 2.45) is 0 Å². The molecule has 9 heteroatoms. The number of amides is 2. The molecule has 0 aliphatic rings. The fourth-order valence-corrected chi connectivity index (χ4v) is 3.66. The highest BCUT2D eigenvalue weighted by atomic mass is 16.6. The van der Waals surface area contributed by atoms with Gasteiger partial charge in [-0.3, -0.25) is 14.4 Å². The molecule has 0 bridgehead atoms. The molecule has 178 valence electrons. The average Bonchev–Trinajstić information content (AvgIpc) is 3.39. The number of hydroxylamine groups is 1. The van der Waals surface area contributed by atoms with Crippen LogP contribution in [0.3, 0.4) is 0 Å². The molecule has 4 rings (SSSR count). The molecule has 2 atom stereocenters. The van der Waals surface area contributed by atoms with Crippen LogP contribution < -0.4 is 10.8 Å². The SMILES string of the molecule is CONC(=O)C(O)C(Cc1ccccc1)NC(=O)c1cccnc1-n1ccc(-c2ccccc2)n1. The predicted molar refractivity (Wildman–Crippen MR) is 129 cm³/mol. The van der Waals surface area contributed by atoms with E-state index in [0.29, 0.717) is 5.82 Å². The first-order valence-electron chi connectivity index (χ1n) is 11.0. The summed E-state index contributed by atoms with van der Waals surface area (Å²) >= 11 is 0. The second-order valence-electron chi connectivity index (χ2n) is 7.77. The third-order valence-electron chi connectivity index (χ3n) is 5.37. The van der Waals surface area contributed by atoms with E-state index in [9.17, 15) is 14.7 Å². The van der Waals surface area contributed by atoms with Gasteiger partial charge in [-0.2, -0.15) is 5.10 Å². The van der Waals surface area contributed by atoms with E-state index in [-0.39, 0.29) is 12.0 Å². The Morgan fingerprint density at radius 3 is 2.43 bits per heavy atom. The molecule has 2 aromatic carbocycles. The number of aromatic nitrogens is 3. The summed E-state index contributed by atoms with van der Waals surface area (Å²) in [6.07, 6.45) is 1.97. The molecular formula is C26H25N5O4. The lowest BCUT2D eigenvalue weighted by Gasteiger charge is -2.24. The number of rotatable bonds is 9. The smallest absolute Gasteiger partial charge is 0.274 e. The number of aliphatic hydroxyl groups excluding tert-OH is 1. The average molecular weight is 472 g/mol. The number of hydrogen-bond donors (Lipinski definition) is 3. The lowest BCUT2D eigenvalue weighted by atomic mass is 10.00. The fourth-order valence-electron chi connectivity index (χ4n) is 3.66. The van der Waals surface area contributed by atoms with Crippen LogP contribution in [0.25, 0.3) is 17.1 Å². The topological polar surface area (TPSA) is 118 Å². The maximum Gasteiger partial charge on any atom is 0.274 e. The van der Waals surface area contributed by atoms with Gasteiger partial charge in [-0.1, -0.05) is 60.7 Å². The van der Waals surface area contributed by atoms with Crippen molar-refractivity contribution in [3.05, 3.63) is 102 Å². The second-order valence-corrected chi connectivity index (χ2v) is 7.77. The molecule has 9 nitrogen and oxygen atoms in total. The van der Waals surface area contributed by atoms with Gasteiger partial charge < -0.3 is 10.4 Å². The number of hydrogen-bond acceptors (Lipinski definition) is 6. The van der Waals surface area contributed by atoms with Crippen LogP contribution in [-0.2, 0) is 16.1 Å². The molecule has 0 saturated heterocycles. The van der Waals surface area contributed by atoms with Crippen LogP contribution >= 0.6 is 0 Å². The van der Waals surface area contributed by atoms with Crippen molar-refractivity contribution in [2.75, 3.05) is 7.11 Å². The molecule has 0 fully saturated rings. The molecule has 3 N–H and O–H groups in total. The predicted octanol–water partition coefficient (Wildman–Crippen LogP) is 2.31. The van der Waals surface area contributed by atoms with Crippen molar-refractivity contribution in [1.82, 2.24) is 25.6 Å². The van der Waals surface area contributed by atoms with Gasteiger partial charge in [0.2, 0.25) is 0 Å². The maximum atomic E-state index is 13.3. The molecule has 35 heavy (non-hydrogen) atoms. The molecule has 0 radical (unpaired) electrons. The summed E-state index contributed by atoms with van der Waals surface area (Å²) in [5.41, 5.74) is 4.86. The van der Waals surface area contributed by atoms with Gasteiger partial charge in [-0.05, 0) is 30.2 Å². The molecule has 0 saturated carbocycles. The number of nitrogens with one attached hydrogen (secondary N) is 2. The first kappa shape index (κ1) is 23.8. The van der Waals surface area contributed by atoms with Gasteiger partial charge in [-0.15, -0.1) is 0 Å². The minimum absolute atomic E-state index is 0.223. The summed E-state index contributed by atoms with van der Waals surface area (Å²) in [5, 5.41) is 18.0. The highest BCUT2D eigenvalue weighted by molar-refractivity contribution is 5.97. The Balaban J connectivity index is 1.60. The molecule has 2 aromatic heterocycles. The van der Waals surface area contributed by atoms with E-state index in [0.717, 1.165) is 16.8 Å². The Kier molecular flexibility index (Phi) is 7.61. The van der Waals surface area contributed by atoms with Crippen molar-refractivity contribution < 1.29 is 19.5 Å². The zero-order valence-corrected chi connectivity index (χ0v) is 19.0. The number of aliphatic hydroxyl groups is 1. The standard InChI is InChI=1S/C26H25N5O4/c1-35-30-26(34)23(32)22(17-18-9-4-2-5-10-18)28-25(33)20-13-8-15-27-24(20)31-16-14-21(29-31)19-11-6-3-7-12-19/h2-16,22-23,32H,17H2,1H3,(H,28,33)(H,30,34). The van der Waals surface area contributed by atoms with Crippen molar-refractivity contribution in [1.29, 1.82) is 0 Å². The number of pyridine rings is 1.